The van der Waals surface area contributed by atoms with Crippen molar-refractivity contribution < 1.29 is 23.9 Å². The van der Waals surface area contributed by atoms with E-state index in [1.807, 2.05) is 0 Å². The summed E-state index contributed by atoms with van der Waals surface area (Å²) in [4.78, 5) is 31.9. The van der Waals surface area contributed by atoms with Gasteiger partial charge in [-0.1, -0.05) is 32.6 Å². The fourth-order valence-electron chi connectivity index (χ4n) is 1.27. The molecule has 17 heavy (non-hydrogen) atoms. The molecule has 0 aromatic heterocycles. The van der Waals surface area contributed by atoms with Gasteiger partial charge in [-0.15, -0.1) is 0 Å². The zero-order valence-electron chi connectivity index (χ0n) is 10.3. The second-order valence-electron chi connectivity index (χ2n) is 3.77. The molecule has 0 amide bonds. The predicted octanol–water partition coefficient (Wildman–Crippen LogP) is 1.63. The highest BCUT2D eigenvalue weighted by Gasteiger charge is 2.07. The van der Waals surface area contributed by atoms with Gasteiger partial charge in [-0.05, 0) is 6.42 Å². The second kappa shape index (κ2) is 11.1. The molecule has 0 bridgehead atoms. The lowest BCUT2D eigenvalue weighted by molar-refractivity contribution is -0.150. The molecule has 5 nitrogen and oxygen atoms in total. The lowest BCUT2D eigenvalue weighted by Gasteiger charge is -2.03. The third-order valence-electron chi connectivity index (χ3n) is 2.19. The second-order valence-corrected chi connectivity index (χ2v) is 3.77. The van der Waals surface area contributed by atoms with Crippen molar-refractivity contribution in [2.75, 3.05) is 13.2 Å². The highest BCUT2D eigenvalue weighted by Crippen LogP contribution is 2.05. The number of rotatable bonds is 11. The molecule has 0 aliphatic rings. The van der Waals surface area contributed by atoms with E-state index in [2.05, 4.69) is 11.7 Å². The van der Waals surface area contributed by atoms with Crippen LogP contribution >= 0.6 is 0 Å². The zero-order valence-corrected chi connectivity index (χ0v) is 10.3. The van der Waals surface area contributed by atoms with Gasteiger partial charge < -0.3 is 9.47 Å². The lowest BCUT2D eigenvalue weighted by Crippen LogP contribution is -2.18. The maximum atomic E-state index is 11.2. The van der Waals surface area contributed by atoms with E-state index in [0.717, 1.165) is 25.7 Å². The lowest BCUT2D eigenvalue weighted by atomic mass is 10.1. The van der Waals surface area contributed by atoms with Gasteiger partial charge in [-0.3, -0.25) is 14.4 Å². The molecule has 98 valence electrons. The minimum Gasteiger partial charge on any atom is -0.460 e. The third kappa shape index (κ3) is 10.9. The van der Waals surface area contributed by atoms with Gasteiger partial charge in [0.15, 0.2) is 13.2 Å². The molecule has 0 unspecified atom stereocenters. The van der Waals surface area contributed by atoms with Crippen LogP contribution in [0.25, 0.3) is 0 Å². The summed E-state index contributed by atoms with van der Waals surface area (Å²) in [6, 6.07) is 0. The molecule has 0 atom stereocenters. The molecule has 0 saturated carbocycles. The Labute approximate surface area is 101 Å². The first-order valence-electron chi connectivity index (χ1n) is 5.93. The number of hydrogen-bond acceptors (Lipinski definition) is 5. The molecule has 0 fully saturated rings. The summed E-state index contributed by atoms with van der Waals surface area (Å²) in [7, 11) is 0. The average Bonchev–Trinajstić information content (AvgIpc) is 2.33. The number of Topliss-reactive ketones (excluding diaryl/α,β-unsaturated/α-hetero) is 1. The maximum absolute atomic E-state index is 11.2. The van der Waals surface area contributed by atoms with E-state index in [9.17, 15) is 14.4 Å². The summed E-state index contributed by atoms with van der Waals surface area (Å²) in [5.74, 6) is -0.794. The first-order valence-corrected chi connectivity index (χ1v) is 5.93. The minimum atomic E-state index is -0.420. The molecular weight excluding hydrogens is 224 g/mol. The van der Waals surface area contributed by atoms with Crippen molar-refractivity contribution in [1.82, 2.24) is 0 Å². The van der Waals surface area contributed by atoms with Crippen LogP contribution in [-0.2, 0) is 23.9 Å². The van der Waals surface area contributed by atoms with Crippen molar-refractivity contribution in [3.05, 3.63) is 0 Å². The molecule has 0 aliphatic heterocycles. The Morgan fingerprint density at radius 1 is 1.06 bits per heavy atom. The number of hydrogen-bond donors (Lipinski definition) is 0. The quantitative estimate of drug-likeness (QED) is 0.314. The Morgan fingerprint density at radius 2 is 1.76 bits per heavy atom. The molecule has 0 saturated heterocycles. The van der Waals surface area contributed by atoms with Crippen LogP contribution in [0, 0.1) is 0 Å². The SMILES string of the molecule is CCCCCCCC(=O)OCC(=O)COC=O. The van der Waals surface area contributed by atoms with Crippen LogP contribution in [-0.4, -0.2) is 31.4 Å². The summed E-state index contributed by atoms with van der Waals surface area (Å²) in [6.45, 7) is 1.66. The van der Waals surface area contributed by atoms with E-state index in [4.69, 9.17) is 4.74 Å². The van der Waals surface area contributed by atoms with Gasteiger partial charge >= 0.3 is 5.97 Å². The first kappa shape index (κ1) is 15.6. The summed E-state index contributed by atoms with van der Waals surface area (Å²) in [5, 5.41) is 0. The molecule has 0 aliphatic carbocycles. The number of carbonyl (C=O) groups is 3. The normalized spacial score (nSPS) is 9.71. The molecule has 0 rings (SSSR count). The minimum absolute atomic E-state index is 0.188. The molecule has 0 N–H and O–H groups in total. The van der Waals surface area contributed by atoms with Crippen LogP contribution in [0.4, 0.5) is 0 Å². The van der Waals surface area contributed by atoms with E-state index in [1.165, 1.54) is 6.42 Å². The summed E-state index contributed by atoms with van der Waals surface area (Å²) < 4.78 is 8.95. The summed E-state index contributed by atoms with van der Waals surface area (Å²) in [5.41, 5.74) is 0. The van der Waals surface area contributed by atoms with Gasteiger partial charge in [0.05, 0.1) is 0 Å². The molecule has 0 radical (unpaired) electrons. The summed E-state index contributed by atoms with van der Waals surface area (Å²) in [6.07, 6.45) is 5.59. The Balaban J connectivity index is 3.39. The van der Waals surface area contributed by atoms with Crippen LogP contribution in [0.5, 0.6) is 0 Å². The monoisotopic (exact) mass is 244 g/mol. The fourth-order valence-corrected chi connectivity index (χ4v) is 1.27. The van der Waals surface area contributed by atoms with Crippen molar-refractivity contribution in [2.24, 2.45) is 0 Å². The maximum Gasteiger partial charge on any atom is 0.306 e. The van der Waals surface area contributed by atoms with Crippen LogP contribution < -0.4 is 0 Å². The topological polar surface area (TPSA) is 69.7 Å². The van der Waals surface area contributed by atoms with Crippen molar-refractivity contribution in [2.45, 2.75) is 45.4 Å². The van der Waals surface area contributed by atoms with Gasteiger partial charge in [-0.2, -0.15) is 0 Å². The average molecular weight is 244 g/mol. The molecule has 5 heteroatoms. The van der Waals surface area contributed by atoms with Gasteiger partial charge in [-0.25, -0.2) is 0 Å². The van der Waals surface area contributed by atoms with Crippen LogP contribution in [0.15, 0.2) is 0 Å². The van der Waals surface area contributed by atoms with Crippen LogP contribution in [0.1, 0.15) is 45.4 Å². The molecular formula is C12H20O5. The smallest absolute Gasteiger partial charge is 0.306 e. The van der Waals surface area contributed by atoms with Gasteiger partial charge in [0.25, 0.3) is 6.47 Å². The Kier molecular flexibility index (Phi) is 10.2. The molecule has 0 aromatic rings. The Hall–Kier alpha value is -1.39. The third-order valence-corrected chi connectivity index (χ3v) is 2.19. The molecule has 0 heterocycles. The zero-order chi connectivity index (χ0) is 12.9. The van der Waals surface area contributed by atoms with E-state index in [-0.39, 0.29) is 25.7 Å². The van der Waals surface area contributed by atoms with Gasteiger partial charge in [0.1, 0.15) is 0 Å². The number of ether oxygens (including phenoxy) is 2. The van der Waals surface area contributed by atoms with Crippen molar-refractivity contribution in [3.63, 3.8) is 0 Å². The Morgan fingerprint density at radius 3 is 2.41 bits per heavy atom. The van der Waals surface area contributed by atoms with Gasteiger partial charge in [0, 0.05) is 6.42 Å². The predicted molar refractivity (Wildman–Crippen MR) is 61.4 cm³/mol. The van der Waals surface area contributed by atoms with E-state index >= 15 is 0 Å². The van der Waals surface area contributed by atoms with Crippen LogP contribution in [0.2, 0.25) is 0 Å². The fraction of sp³-hybridized carbons (Fsp3) is 0.750. The highest BCUT2D eigenvalue weighted by molar-refractivity contribution is 5.83. The summed E-state index contributed by atoms with van der Waals surface area (Å²) >= 11 is 0. The first-order chi connectivity index (χ1) is 8.20. The molecule has 0 aromatic carbocycles. The van der Waals surface area contributed by atoms with E-state index in [0.29, 0.717) is 6.42 Å². The van der Waals surface area contributed by atoms with Crippen LogP contribution in [0.3, 0.4) is 0 Å². The van der Waals surface area contributed by atoms with E-state index in [1.54, 1.807) is 0 Å². The van der Waals surface area contributed by atoms with E-state index < -0.39 is 5.78 Å². The number of esters is 1. The van der Waals surface area contributed by atoms with Gasteiger partial charge in [0.2, 0.25) is 5.78 Å². The Bertz CT molecular complexity index is 237. The van der Waals surface area contributed by atoms with Crippen molar-refractivity contribution in [1.29, 1.82) is 0 Å². The number of carbonyl (C=O) groups excluding carboxylic acids is 3. The largest absolute Gasteiger partial charge is 0.460 e. The number of unbranched alkanes of at least 4 members (excludes halogenated alkanes) is 4. The standard InChI is InChI=1S/C12H20O5/c1-2-3-4-5-6-7-12(15)17-9-11(14)8-16-10-13/h10H,2-9H2,1H3. The number of ketones is 1. The highest BCUT2D eigenvalue weighted by atomic mass is 16.5. The molecule has 0 spiro atoms. The van der Waals surface area contributed by atoms with Crippen molar-refractivity contribution in [3.8, 4) is 0 Å². The van der Waals surface area contributed by atoms with Crippen molar-refractivity contribution >= 4 is 18.2 Å².